The Bertz CT molecular complexity index is 1770. The third-order valence-corrected chi connectivity index (χ3v) is 6.93. The summed E-state index contributed by atoms with van der Waals surface area (Å²) in [6.45, 7) is 0. The third-order valence-electron chi connectivity index (χ3n) is 6.93. The van der Waals surface area contributed by atoms with Crippen molar-refractivity contribution in [2.75, 3.05) is 0 Å². The lowest BCUT2D eigenvalue weighted by molar-refractivity contribution is 0.0699. The molecule has 0 aromatic heterocycles. The second kappa shape index (κ2) is 6.18. The lowest BCUT2D eigenvalue weighted by atomic mass is 9.82. The smallest absolute Gasteiger partial charge is 0.336 e. The molecule has 2 nitrogen and oxygen atoms in total. The van der Waals surface area contributed by atoms with Crippen molar-refractivity contribution >= 4 is 49.1 Å². The Kier molecular flexibility index (Phi) is 3.38. The van der Waals surface area contributed by atoms with Gasteiger partial charge in [-0.15, -0.1) is 0 Å². The van der Waals surface area contributed by atoms with Gasteiger partial charge in [-0.1, -0.05) is 66.7 Å². The van der Waals surface area contributed by atoms with Crippen LogP contribution in [0.3, 0.4) is 0 Å². The lowest BCUT2D eigenvalue weighted by Crippen LogP contribution is -2.01. The summed E-state index contributed by atoms with van der Waals surface area (Å²) in [6.07, 6.45) is 0.929. The minimum atomic E-state index is -0.892. The number of carboxylic acid groups (broad SMARTS) is 1. The highest BCUT2D eigenvalue weighted by Gasteiger charge is 2.19. The summed E-state index contributed by atoms with van der Waals surface area (Å²) < 4.78 is 0. The molecule has 0 unspecified atom stereocenters. The zero-order chi connectivity index (χ0) is 21.4. The Hall–Kier alpha value is -4.17. The highest BCUT2D eigenvalue weighted by atomic mass is 16.4. The minimum absolute atomic E-state index is 0.351. The molecule has 1 aliphatic rings. The number of carboxylic acids is 1. The SMILES string of the molecule is O=C(O)c1cccc2ccc3cc4cc5c(cc4cc3c12)-c1cccc2cccc(c12)C5. The predicted molar refractivity (Wildman–Crippen MR) is 132 cm³/mol. The average Bonchev–Trinajstić information content (AvgIpc) is 2.81. The number of aromatic carboxylic acids is 1. The van der Waals surface area contributed by atoms with E-state index in [0.29, 0.717) is 5.56 Å². The molecule has 0 saturated carbocycles. The van der Waals surface area contributed by atoms with Crippen molar-refractivity contribution < 1.29 is 9.90 Å². The number of hydrogen-bond acceptors (Lipinski definition) is 1. The molecular weight excluding hydrogens is 392 g/mol. The first-order valence-corrected chi connectivity index (χ1v) is 10.8. The van der Waals surface area contributed by atoms with Crippen molar-refractivity contribution in [3.8, 4) is 11.1 Å². The lowest BCUT2D eigenvalue weighted by Gasteiger charge is -2.22. The van der Waals surface area contributed by atoms with E-state index in [0.717, 1.165) is 33.4 Å². The van der Waals surface area contributed by atoms with E-state index in [1.807, 2.05) is 18.2 Å². The summed E-state index contributed by atoms with van der Waals surface area (Å²) in [5.74, 6) is -0.892. The topological polar surface area (TPSA) is 37.3 Å². The quantitative estimate of drug-likeness (QED) is 0.224. The van der Waals surface area contributed by atoms with Crippen LogP contribution in [0.15, 0.2) is 91.0 Å². The molecule has 2 heteroatoms. The van der Waals surface area contributed by atoms with Gasteiger partial charge < -0.3 is 5.11 Å². The fourth-order valence-corrected chi connectivity index (χ4v) is 5.53. The van der Waals surface area contributed by atoms with Crippen molar-refractivity contribution in [2.45, 2.75) is 6.42 Å². The minimum Gasteiger partial charge on any atom is -0.478 e. The van der Waals surface area contributed by atoms with Gasteiger partial charge in [0.2, 0.25) is 0 Å². The van der Waals surface area contributed by atoms with Crippen LogP contribution in [0.5, 0.6) is 0 Å². The number of hydrogen-bond donors (Lipinski definition) is 1. The molecule has 6 aromatic carbocycles. The van der Waals surface area contributed by atoms with Gasteiger partial charge in [-0.05, 0) is 90.6 Å². The van der Waals surface area contributed by atoms with Gasteiger partial charge in [0.15, 0.2) is 0 Å². The van der Waals surface area contributed by atoms with Gasteiger partial charge >= 0.3 is 5.97 Å². The van der Waals surface area contributed by atoms with Crippen LogP contribution in [0.1, 0.15) is 21.5 Å². The zero-order valence-corrected chi connectivity index (χ0v) is 17.2. The van der Waals surface area contributed by atoms with Crippen LogP contribution < -0.4 is 0 Å². The Morgan fingerprint density at radius 2 is 1.31 bits per heavy atom. The Balaban J connectivity index is 1.59. The zero-order valence-electron chi connectivity index (χ0n) is 17.2. The normalized spacial score (nSPS) is 12.5. The van der Waals surface area contributed by atoms with E-state index in [2.05, 4.69) is 66.7 Å². The molecule has 0 atom stereocenters. The number of benzene rings is 6. The standard InChI is InChI=1S/C30H18O2/c31-30(32)25-9-3-6-18-10-11-19-12-21-14-23-13-20-7-1-4-17-5-2-8-24(28(17)20)26(23)15-22(21)16-27(19)29(18)25/h1-12,14-16H,13H2,(H,31,32). The van der Waals surface area contributed by atoms with Gasteiger partial charge in [-0.2, -0.15) is 0 Å². The molecule has 0 bridgehead atoms. The molecular formula is C30H18O2. The summed E-state index contributed by atoms with van der Waals surface area (Å²) in [5.41, 5.74) is 5.63. The van der Waals surface area contributed by atoms with E-state index < -0.39 is 5.97 Å². The third kappa shape index (κ3) is 2.32. The monoisotopic (exact) mass is 410 g/mol. The van der Waals surface area contributed by atoms with Gasteiger partial charge in [0.1, 0.15) is 0 Å². The molecule has 32 heavy (non-hydrogen) atoms. The van der Waals surface area contributed by atoms with Gasteiger partial charge in [-0.25, -0.2) is 4.79 Å². The van der Waals surface area contributed by atoms with Crippen LogP contribution in [-0.4, -0.2) is 11.1 Å². The molecule has 0 spiro atoms. The second-order valence-electron chi connectivity index (χ2n) is 8.70. The van der Waals surface area contributed by atoms with Crippen molar-refractivity contribution in [2.24, 2.45) is 0 Å². The van der Waals surface area contributed by atoms with Crippen LogP contribution in [-0.2, 0) is 6.42 Å². The van der Waals surface area contributed by atoms with E-state index >= 15 is 0 Å². The molecule has 0 aliphatic heterocycles. The second-order valence-corrected chi connectivity index (χ2v) is 8.70. The van der Waals surface area contributed by atoms with Crippen LogP contribution in [0, 0.1) is 0 Å². The molecule has 0 saturated heterocycles. The first-order chi connectivity index (χ1) is 15.7. The highest BCUT2D eigenvalue weighted by Crippen LogP contribution is 2.42. The Morgan fingerprint density at radius 1 is 0.594 bits per heavy atom. The van der Waals surface area contributed by atoms with Crippen molar-refractivity contribution in [3.05, 3.63) is 108 Å². The maximum atomic E-state index is 11.9. The first kappa shape index (κ1) is 17.5. The molecule has 150 valence electrons. The molecule has 1 N–H and O–H groups in total. The van der Waals surface area contributed by atoms with Crippen molar-refractivity contribution in [1.29, 1.82) is 0 Å². The van der Waals surface area contributed by atoms with E-state index in [1.165, 1.54) is 38.4 Å². The maximum absolute atomic E-state index is 11.9. The number of carbonyl (C=O) groups is 1. The van der Waals surface area contributed by atoms with Crippen molar-refractivity contribution in [3.63, 3.8) is 0 Å². The van der Waals surface area contributed by atoms with Crippen LogP contribution >= 0.6 is 0 Å². The van der Waals surface area contributed by atoms with E-state index in [1.54, 1.807) is 6.07 Å². The molecule has 7 rings (SSSR count). The van der Waals surface area contributed by atoms with Crippen LogP contribution in [0.2, 0.25) is 0 Å². The summed E-state index contributed by atoms with van der Waals surface area (Å²) in [6, 6.07) is 31.7. The Labute approximate surface area is 184 Å². The van der Waals surface area contributed by atoms with E-state index in [4.69, 9.17) is 0 Å². The van der Waals surface area contributed by atoms with Crippen LogP contribution in [0.25, 0.3) is 54.2 Å². The number of rotatable bonds is 1. The first-order valence-electron chi connectivity index (χ1n) is 10.8. The van der Waals surface area contributed by atoms with Crippen LogP contribution in [0.4, 0.5) is 0 Å². The Morgan fingerprint density at radius 3 is 2.16 bits per heavy atom. The largest absolute Gasteiger partial charge is 0.478 e. The van der Waals surface area contributed by atoms with Gasteiger partial charge in [0.05, 0.1) is 5.56 Å². The summed E-state index contributed by atoms with van der Waals surface area (Å²) >= 11 is 0. The van der Waals surface area contributed by atoms with Crippen molar-refractivity contribution in [1.82, 2.24) is 0 Å². The fraction of sp³-hybridized carbons (Fsp3) is 0.0333. The summed E-state index contributed by atoms with van der Waals surface area (Å²) in [5, 5.41) is 18.6. The summed E-state index contributed by atoms with van der Waals surface area (Å²) in [4.78, 5) is 11.9. The summed E-state index contributed by atoms with van der Waals surface area (Å²) in [7, 11) is 0. The van der Waals surface area contributed by atoms with Gasteiger partial charge in [0.25, 0.3) is 0 Å². The van der Waals surface area contributed by atoms with E-state index in [9.17, 15) is 9.90 Å². The van der Waals surface area contributed by atoms with Gasteiger partial charge in [-0.3, -0.25) is 0 Å². The predicted octanol–water partition coefficient (Wildman–Crippen LogP) is 7.57. The fourth-order valence-electron chi connectivity index (χ4n) is 5.53. The highest BCUT2D eigenvalue weighted by molar-refractivity contribution is 6.19. The average molecular weight is 410 g/mol. The number of fused-ring (bicyclic) bond motifs is 6. The molecule has 0 radical (unpaired) electrons. The van der Waals surface area contributed by atoms with Gasteiger partial charge in [0, 0.05) is 5.39 Å². The van der Waals surface area contributed by atoms with E-state index in [-0.39, 0.29) is 0 Å². The molecule has 0 fully saturated rings. The molecule has 6 aromatic rings. The molecule has 0 heterocycles. The maximum Gasteiger partial charge on any atom is 0.336 e. The molecule has 0 amide bonds. The molecule has 1 aliphatic carbocycles.